The second-order valence-corrected chi connectivity index (χ2v) is 6.99. The molecule has 4 rings (SSSR count). The molecule has 2 amide bonds. The summed E-state index contributed by atoms with van der Waals surface area (Å²) >= 11 is 0. The Morgan fingerprint density at radius 1 is 1.27 bits per heavy atom. The number of benzene rings is 1. The van der Waals surface area contributed by atoms with Crippen molar-refractivity contribution in [2.75, 3.05) is 19.6 Å². The van der Waals surface area contributed by atoms with E-state index < -0.39 is 0 Å². The van der Waals surface area contributed by atoms with E-state index in [0.29, 0.717) is 26.1 Å². The molecule has 0 spiro atoms. The smallest absolute Gasteiger partial charge is 0.317 e. The fraction of sp³-hybridized carbons (Fsp3) is 0.421. The zero-order chi connectivity index (χ0) is 18.3. The van der Waals surface area contributed by atoms with Gasteiger partial charge >= 0.3 is 6.03 Å². The van der Waals surface area contributed by atoms with E-state index in [1.165, 1.54) is 0 Å². The summed E-state index contributed by atoms with van der Waals surface area (Å²) in [6, 6.07) is 10.4. The number of hydrogen-bond donors (Lipinski definition) is 1. The molecular formula is C19H24N6O. The number of likely N-dealkylation sites (tertiary alicyclic amines) is 1. The summed E-state index contributed by atoms with van der Waals surface area (Å²) < 4.78 is 4.11. The fourth-order valence-electron chi connectivity index (χ4n) is 3.60. The molecule has 0 saturated carbocycles. The van der Waals surface area contributed by atoms with Gasteiger partial charge in [0.25, 0.3) is 0 Å². The van der Waals surface area contributed by atoms with Crippen LogP contribution in [0, 0.1) is 13.8 Å². The van der Waals surface area contributed by atoms with Crippen molar-refractivity contribution in [2.45, 2.75) is 26.3 Å². The zero-order valence-electron chi connectivity index (χ0n) is 15.4. The van der Waals surface area contributed by atoms with Crippen molar-refractivity contribution < 1.29 is 4.79 Å². The number of carbonyl (C=O) groups is 1. The molecule has 1 saturated heterocycles. The minimum absolute atomic E-state index is 0.0125. The Morgan fingerprint density at radius 2 is 2.04 bits per heavy atom. The molecule has 1 fully saturated rings. The lowest BCUT2D eigenvalue weighted by Gasteiger charge is -2.39. The Hall–Kier alpha value is -2.83. The number of carbonyl (C=O) groups excluding carboxylic acids is 1. The van der Waals surface area contributed by atoms with Gasteiger partial charge in [0.1, 0.15) is 5.82 Å². The Bertz CT molecular complexity index is 950. The molecule has 2 aromatic heterocycles. The average Bonchev–Trinajstić information content (AvgIpc) is 3.06. The highest BCUT2D eigenvalue weighted by molar-refractivity contribution is 5.76. The van der Waals surface area contributed by atoms with Crippen LogP contribution in [0.15, 0.2) is 30.3 Å². The quantitative estimate of drug-likeness (QED) is 0.783. The summed E-state index contributed by atoms with van der Waals surface area (Å²) in [6.45, 7) is 6.05. The minimum atomic E-state index is -0.0125. The number of nitrogens with one attached hydrogen (secondary N) is 1. The van der Waals surface area contributed by atoms with Gasteiger partial charge in [0, 0.05) is 38.8 Å². The zero-order valence-corrected chi connectivity index (χ0v) is 15.4. The molecule has 0 atom stereocenters. The third-order valence-electron chi connectivity index (χ3n) is 5.04. The van der Waals surface area contributed by atoms with Crippen molar-refractivity contribution in [1.82, 2.24) is 29.5 Å². The average molecular weight is 352 g/mol. The van der Waals surface area contributed by atoms with Gasteiger partial charge in [0.2, 0.25) is 0 Å². The first kappa shape index (κ1) is 16.6. The van der Waals surface area contributed by atoms with Crippen molar-refractivity contribution in [3.05, 3.63) is 47.5 Å². The van der Waals surface area contributed by atoms with Gasteiger partial charge < -0.3 is 14.8 Å². The predicted octanol–water partition coefficient (Wildman–Crippen LogP) is 2.20. The van der Waals surface area contributed by atoms with E-state index in [1.54, 1.807) is 0 Å². The molecule has 26 heavy (non-hydrogen) atoms. The van der Waals surface area contributed by atoms with Gasteiger partial charge in [-0.05, 0) is 32.0 Å². The molecular weight excluding hydrogens is 328 g/mol. The molecule has 3 heterocycles. The second-order valence-electron chi connectivity index (χ2n) is 6.99. The number of aromatic nitrogens is 4. The summed E-state index contributed by atoms with van der Waals surface area (Å²) in [4.78, 5) is 18.8. The van der Waals surface area contributed by atoms with Crippen LogP contribution in [-0.4, -0.2) is 49.9 Å². The van der Waals surface area contributed by atoms with Gasteiger partial charge in [0.15, 0.2) is 0 Å². The lowest BCUT2D eigenvalue weighted by Crippen LogP contribution is -2.54. The van der Waals surface area contributed by atoms with Crippen molar-refractivity contribution in [1.29, 1.82) is 0 Å². The van der Waals surface area contributed by atoms with Crippen LogP contribution in [0.4, 0.5) is 4.79 Å². The van der Waals surface area contributed by atoms with Crippen molar-refractivity contribution in [2.24, 2.45) is 7.05 Å². The molecule has 0 radical (unpaired) electrons. The highest BCUT2D eigenvalue weighted by Gasteiger charge is 2.33. The van der Waals surface area contributed by atoms with Gasteiger partial charge in [-0.25, -0.2) is 9.78 Å². The molecule has 1 N–H and O–H groups in total. The Morgan fingerprint density at radius 3 is 2.73 bits per heavy atom. The summed E-state index contributed by atoms with van der Waals surface area (Å²) in [5, 5.41) is 7.51. The Balaban J connectivity index is 1.28. The third kappa shape index (κ3) is 2.94. The number of para-hydroxylation sites is 2. The maximum absolute atomic E-state index is 12.3. The van der Waals surface area contributed by atoms with Gasteiger partial charge in [-0.15, -0.1) is 0 Å². The Kier molecular flexibility index (Phi) is 4.14. The molecule has 1 aromatic carbocycles. The van der Waals surface area contributed by atoms with Crippen LogP contribution in [0.5, 0.6) is 0 Å². The first-order valence-corrected chi connectivity index (χ1v) is 8.99. The standard InChI is InChI=1S/C19H24N6O/c1-13-10-14(2)25(22-13)15-11-24(12-15)19(26)20-9-8-18-21-16-6-4-5-7-17(16)23(18)3/h4-7,10,15H,8-9,11-12H2,1-3H3,(H,20,26). The van der Waals surface area contributed by atoms with Crippen LogP contribution in [0.25, 0.3) is 11.0 Å². The largest absolute Gasteiger partial charge is 0.338 e. The van der Waals surface area contributed by atoms with Crippen LogP contribution >= 0.6 is 0 Å². The van der Waals surface area contributed by atoms with E-state index in [9.17, 15) is 4.79 Å². The van der Waals surface area contributed by atoms with E-state index in [0.717, 1.165) is 28.2 Å². The lowest BCUT2D eigenvalue weighted by atomic mass is 10.1. The third-order valence-corrected chi connectivity index (χ3v) is 5.04. The predicted molar refractivity (Wildman–Crippen MR) is 100 cm³/mol. The molecule has 7 heteroatoms. The van der Waals surface area contributed by atoms with Gasteiger partial charge in [-0.1, -0.05) is 12.1 Å². The van der Waals surface area contributed by atoms with Crippen molar-refractivity contribution >= 4 is 17.1 Å². The number of hydrogen-bond acceptors (Lipinski definition) is 3. The molecule has 136 valence electrons. The van der Waals surface area contributed by atoms with E-state index in [-0.39, 0.29) is 12.1 Å². The Labute approximate surface area is 152 Å². The highest BCUT2D eigenvalue weighted by Crippen LogP contribution is 2.22. The monoisotopic (exact) mass is 352 g/mol. The van der Waals surface area contributed by atoms with E-state index in [2.05, 4.69) is 39.0 Å². The number of urea groups is 1. The SMILES string of the molecule is Cc1cc(C)n(C2CN(C(=O)NCCc3nc4ccccc4n3C)C2)n1. The first-order valence-electron chi connectivity index (χ1n) is 8.99. The molecule has 0 bridgehead atoms. The maximum Gasteiger partial charge on any atom is 0.317 e. The second kappa shape index (κ2) is 6.48. The number of nitrogens with zero attached hydrogens (tertiary/aromatic N) is 5. The normalized spacial score (nSPS) is 14.7. The van der Waals surface area contributed by atoms with E-state index >= 15 is 0 Å². The number of rotatable bonds is 4. The number of aryl methyl sites for hydroxylation is 3. The van der Waals surface area contributed by atoms with Crippen LogP contribution in [0.2, 0.25) is 0 Å². The van der Waals surface area contributed by atoms with Crippen molar-refractivity contribution in [3.63, 3.8) is 0 Å². The summed E-state index contributed by atoms with van der Waals surface area (Å²) in [5.41, 5.74) is 4.28. The molecule has 7 nitrogen and oxygen atoms in total. The van der Waals surface area contributed by atoms with E-state index in [4.69, 9.17) is 0 Å². The molecule has 1 aliphatic heterocycles. The van der Waals surface area contributed by atoms with Crippen LogP contribution < -0.4 is 5.32 Å². The maximum atomic E-state index is 12.3. The lowest BCUT2D eigenvalue weighted by molar-refractivity contribution is 0.117. The van der Waals surface area contributed by atoms with Gasteiger partial charge in [-0.2, -0.15) is 5.10 Å². The van der Waals surface area contributed by atoms with Gasteiger partial charge in [0.05, 0.1) is 22.8 Å². The first-order chi connectivity index (χ1) is 12.5. The number of amides is 2. The van der Waals surface area contributed by atoms with Crippen molar-refractivity contribution in [3.8, 4) is 0 Å². The highest BCUT2D eigenvalue weighted by atomic mass is 16.2. The topological polar surface area (TPSA) is 68.0 Å². The summed E-state index contributed by atoms with van der Waals surface area (Å²) in [7, 11) is 2.01. The number of imidazole rings is 1. The van der Waals surface area contributed by atoms with Crippen LogP contribution in [0.1, 0.15) is 23.3 Å². The van der Waals surface area contributed by atoms with Crippen LogP contribution in [0.3, 0.4) is 0 Å². The molecule has 0 aliphatic carbocycles. The number of fused-ring (bicyclic) bond motifs is 1. The molecule has 0 unspecified atom stereocenters. The molecule has 3 aromatic rings. The fourth-order valence-corrected chi connectivity index (χ4v) is 3.60. The summed E-state index contributed by atoms with van der Waals surface area (Å²) in [6.07, 6.45) is 0.714. The van der Waals surface area contributed by atoms with Gasteiger partial charge in [-0.3, -0.25) is 4.68 Å². The van der Waals surface area contributed by atoms with E-state index in [1.807, 2.05) is 41.8 Å². The minimum Gasteiger partial charge on any atom is -0.338 e. The van der Waals surface area contributed by atoms with Crippen LogP contribution in [-0.2, 0) is 13.5 Å². The summed E-state index contributed by atoms with van der Waals surface area (Å²) in [5.74, 6) is 0.982. The molecule has 1 aliphatic rings.